The van der Waals surface area contributed by atoms with Crippen LogP contribution in [0.4, 0.5) is 0 Å². The summed E-state index contributed by atoms with van der Waals surface area (Å²) < 4.78 is 27.1. The molecular weight excluding hydrogens is 324 g/mol. The van der Waals surface area contributed by atoms with Gasteiger partial charge in [0.05, 0.1) is 4.90 Å². The summed E-state index contributed by atoms with van der Waals surface area (Å²) in [5.74, 6) is 0.489. The molecular formula is C18H26N2O3S. The first kappa shape index (κ1) is 17.4. The third-order valence-electron chi connectivity index (χ3n) is 5.14. The molecule has 5 nitrogen and oxygen atoms in total. The van der Waals surface area contributed by atoms with E-state index in [0.29, 0.717) is 18.9 Å². The van der Waals surface area contributed by atoms with E-state index in [4.69, 9.17) is 0 Å². The van der Waals surface area contributed by atoms with Gasteiger partial charge in [-0.1, -0.05) is 38.0 Å². The van der Waals surface area contributed by atoms with Gasteiger partial charge in [-0.15, -0.1) is 0 Å². The first-order valence-electron chi connectivity index (χ1n) is 8.86. The molecule has 2 fully saturated rings. The van der Waals surface area contributed by atoms with Crippen molar-refractivity contribution in [3.8, 4) is 0 Å². The van der Waals surface area contributed by atoms with Crippen LogP contribution in [0.1, 0.15) is 45.4 Å². The Morgan fingerprint density at radius 3 is 2.58 bits per heavy atom. The molecule has 1 aliphatic heterocycles. The second kappa shape index (κ2) is 7.23. The predicted molar refractivity (Wildman–Crippen MR) is 92.9 cm³/mol. The smallest absolute Gasteiger partial charge is 0.243 e. The van der Waals surface area contributed by atoms with E-state index >= 15 is 0 Å². The average Bonchev–Trinajstić information content (AvgIpc) is 3.06. The van der Waals surface area contributed by atoms with Gasteiger partial charge < -0.3 is 5.32 Å². The molecule has 1 aromatic carbocycles. The van der Waals surface area contributed by atoms with Crippen LogP contribution < -0.4 is 5.32 Å². The van der Waals surface area contributed by atoms with Gasteiger partial charge in [0.15, 0.2) is 0 Å². The number of benzene rings is 1. The van der Waals surface area contributed by atoms with Crippen molar-refractivity contribution in [1.29, 1.82) is 0 Å². The Hall–Kier alpha value is -1.40. The van der Waals surface area contributed by atoms with Crippen LogP contribution in [0.15, 0.2) is 35.2 Å². The number of amides is 1. The normalized spacial score (nSPS) is 28.6. The van der Waals surface area contributed by atoms with Crippen molar-refractivity contribution < 1.29 is 13.2 Å². The Morgan fingerprint density at radius 2 is 1.88 bits per heavy atom. The van der Waals surface area contributed by atoms with E-state index < -0.39 is 16.1 Å². The van der Waals surface area contributed by atoms with Crippen LogP contribution in [0.2, 0.25) is 0 Å². The fourth-order valence-corrected chi connectivity index (χ4v) is 5.56. The topological polar surface area (TPSA) is 66.5 Å². The van der Waals surface area contributed by atoms with E-state index in [1.54, 1.807) is 30.3 Å². The van der Waals surface area contributed by atoms with E-state index in [-0.39, 0.29) is 16.8 Å². The second-order valence-corrected chi connectivity index (χ2v) is 8.95. The summed E-state index contributed by atoms with van der Waals surface area (Å²) >= 11 is 0. The zero-order chi connectivity index (χ0) is 17.2. The maximum Gasteiger partial charge on any atom is 0.243 e. The van der Waals surface area contributed by atoms with Crippen LogP contribution in [0, 0.1) is 5.92 Å². The summed E-state index contributed by atoms with van der Waals surface area (Å²) in [5.41, 5.74) is 0. The SMILES string of the molecule is CC1CCCC(NC(=O)C2CCCN2S(=O)(=O)c2ccccc2)C1. The molecule has 1 amide bonds. The van der Waals surface area contributed by atoms with Gasteiger partial charge in [0.2, 0.25) is 15.9 Å². The summed E-state index contributed by atoms with van der Waals surface area (Å²) in [5, 5.41) is 3.10. The Kier molecular flexibility index (Phi) is 5.25. The Morgan fingerprint density at radius 1 is 1.12 bits per heavy atom. The quantitative estimate of drug-likeness (QED) is 0.907. The lowest BCUT2D eigenvalue weighted by Gasteiger charge is -2.30. The van der Waals surface area contributed by atoms with Crippen LogP contribution in [0.5, 0.6) is 0 Å². The molecule has 132 valence electrons. The van der Waals surface area contributed by atoms with Gasteiger partial charge in [-0.25, -0.2) is 8.42 Å². The van der Waals surface area contributed by atoms with Crippen LogP contribution in [0.3, 0.4) is 0 Å². The molecule has 0 bridgehead atoms. The Labute approximate surface area is 144 Å². The molecule has 1 aromatic rings. The summed E-state index contributed by atoms with van der Waals surface area (Å²) in [7, 11) is -3.61. The summed E-state index contributed by atoms with van der Waals surface area (Å²) in [4.78, 5) is 13.0. The highest BCUT2D eigenvalue weighted by Gasteiger charge is 2.40. The molecule has 3 unspecified atom stereocenters. The zero-order valence-corrected chi connectivity index (χ0v) is 15.0. The number of carbonyl (C=O) groups excluding carboxylic acids is 1. The number of hydrogen-bond acceptors (Lipinski definition) is 3. The number of hydrogen-bond donors (Lipinski definition) is 1. The minimum Gasteiger partial charge on any atom is -0.352 e. The monoisotopic (exact) mass is 350 g/mol. The fourth-order valence-electron chi connectivity index (χ4n) is 3.88. The minimum absolute atomic E-state index is 0.133. The molecule has 6 heteroatoms. The number of rotatable bonds is 4. The van der Waals surface area contributed by atoms with Gasteiger partial charge in [-0.05, 0) is 43.7 Å². The van der Waals surface area contributed by atoms with Crippen molar-refractivity contribution >= 4 is 15.9 Å². The number of nitrogens with zero attached hydrogens (tertiary/aromatic N) is 1. The molecule has 0 aromatic heterocycles. The van der Waals surface area contributed by atoms with Crippen molar-refractivity contribution in [2.45, 2.75) is 62.4 Å². The van der Waals surface area contributed by atoms with E-state index in [1.165, 1.54) is 10.7 Å². The summed E-state index contributed by atoms with van der Waals surface area (Å²) in [6.07, 6.45) is 5.65. The van der Waals surface area contributed by atoms with Crippen molar-refractivity contribution in [3.63, 3.8) is 0 Å². The number of sulfonamides is 1. The van der Waals surface area contributed by atoms with Crippen molar-refractivity contribution in [2.24, 2.45) is 5.92 Å². The standard InChI is InChI=1S/C18H26N2O3S/c1-14-7-5-8-15(13-14)19-18(21)17-11-6-12-20(17)24(22,23)16-9-3-2-4-10-16/h2-4,9-10,14-15,17H,5-8,11-13H2,1H3,(H,19,21). The van der Waals surface area contributed by atoms with Gasteiger partial charge in [-0.3, -0.25) is 4.79 Å². The van der Waals surface area contributed by atoms with Gasteiger partial charge in [0, 0.05) is 12.6 Å². The Bertz CT molecular complexity index is 675. The van der Waals surface area contributed by atoms with Crippen LogP contribution in [-0.4, -0.2) is 37.3 Å². The highest BCUT2D eigenvalue weighted by molar-refractivity contribution is 7.89. The summed E-state index contributed by atoms with van der Waals surface area (Å²) in [6, 6.07) is 7.99. The lowest BCUT2D eigenvalue weighted by atomic mass is 9.87. The molecule has 24 heavy (non-hydrogen) atoms. The maximum absolute atomic E-state index is 12.8. The van der Waals surface area contributed by atoms with Crippen LogP contribution >= 0.6 is 0 Å². The van der Waals surface area contributed by atoms with Crippen LogP contribution in [-0.2, 0) is 14.8 Å². The molecule has 0 radical (unpaired) electrons. The van der Waals surface area contributed by atoms with Crippen molar-refractivity contribution in [3.05, 3.63) is 30.3 Å². The fraction of sp³-hybridized carbons (Fsp3) is 0.611. The summed E-state index contributed by atoms with van der Waals surface area (Å²) in [6.45, 7) is 2.62. The van der Waals surface area contributed by atoms with E-state index in [2.05, 4.69) is 12.2 Å². The zero-order valence-electron chi connectivity index (χ0n) is 14.1. The lowest BCUT2D eigenvalue weighted by molar-refractivity contribution is -0.125. The molecule has 3 atom stereocenters. The molecule has 2 aliphatic rings. The minimum atomic E-state index is -3.61. The number of nitrogens with one attached hydrogen (secondary N) is 1. The van der Waals surface area contributed by atoms with Gasteiger partial charge in [-0.2, -0.15) is 4.31 Å². The lowest BCUT2D eigenvalue weighted by Crippen LogP contribution is -2.49. The third-order valence-corrected chi connectivity index (χ3v) is 7.06. The highest BCUT2D eigenvalue weighted by atomic mass is 32.2. The first-order valence-corrected chi connectivity index (χ1v) is 10.3. The third kappa shape index (κ3) is 3.64. The van der Waals surface area contributed by atoms with Crippen molar-refractivity contribution in [2.75, 3.05) is 6.54 Å². The molecule has 1 saturated heterocycles. The van der Waals surface area contributed by atoms with Gasteiger partial charge in [0.1, 0.15) is 6.04 Å². The van der Waals surface area contributed by atoms with Gasteiger partial charge >= 0.3 is 0 Å². The average molecular weight is 350 g/mol. The molecule has 0 spiro atoms. The Balaban J connectivity index is 1.72. The van der Waals surface area contributed by atoms with E-state index in [1.807, 2.05) is 0 Å². The van der Waals surface area contributed by atoms with Crippen molar-refractivity contribution in [1.82, 2.24) is 9.62 Å². The maximum atomic E-state index is 12.8. The first-order chi connectivity index (χ1) is 11.5. The molecule has 1 saturated carbocycles. The number of carbonyl (C=O) groups is 1. The van der Waals surface area contributed by atoms with Crippen LogP contribution in [0.25, 0.3) is 0 Å². The largest absolute Gasteiger partial charge is 0.352 e. The van der Waals surface area contributed by atoms with E-state index in [0.717, 1.165) is 25.7 Å². The highest BCUT2D eigenvalue weighted by Crippen LogP contribution is 2.28. The molecule has 1 N–H and O–H groups in total. The van der Waals surface area contributed by atoms with Gasteiger partial charge in [0.25, 0.3) is 0 Å². The van der Waals surface area contributed by atoms with E-state index in [9.17, 15) is 13.2 Å². The second-order valence-electron chi connectivity index (χ2n) is 7.06. The molecule has 1 heterocycles. The predicted octanol–water partition coefficient (Wildman–Crippen LogP) is 2.53. The molecule has 3 rings (SSSR count). The molecule has 1 aliphatic carbocycles.